The predicted molar refractivity (Wildman–Crippen MR) is 75.6 cm³/mol. The SMILES string of the molecule is CCC(NC(=O)NC(COC)C(=O)O)C1CCCCC1. The van der Waals surface area contributed by atoms with E-state index in [1.54, 1.807) is 0 Å². The summed E-state index contributed by atoms with van der Waals surface area (Å²) in [7, 11) is 1.41. The van der Waals surface area contributed by atoms with Gasteiger partial charge in [-0.05, 0) is 25.2 Å². The molecule has 0 saturated heterocycles. The molecule has 2 unspecified atom stereocenters. The van der Waals surface area contributed by atoms with Crippen LogP contribution in [0.4, 0.5) is 4.79 Å². The van der Waals surface area contributed by atoms with Gasteiger partial charge in [0.2, 0.25) is 0 Å². The fraction of sp³-hybridized carbons (Fsp3) is 0.857. The Balaban J connectivity index is 2.47. The smallest absolute Gasteiger partial charge is 0.328 e. The maximum absolute atomic E-state index is 11.9. The lowest BCUT2D eigenvalue weighted by atomic mass is 9.83. The number of urea groups is 1. The second kappa shape index (κ2) is 8.79. The van der Waals surface area contributed by atoms with Gasteiger partial charge in [-0.2, -0.15) is 0 Å². The molecule has 0 spiro atoms. The number of amides is 2. The van der Waals surface area contributed by atoms with E-state index in [1.807, 2.05) is 6.92 Å². The fourth-order valence-electron chi connectivity index (χ4n) is 2.80. The fourth-order valence-corrected chi connectivity index (χ4v) is 2.80. The van der Waals surface area contributed by atoms with Crippen molar-refractivity contribution in [1.29, 1.82) is 0 Å². The summed E-state index contributed by atoms with van der Waals surface area (Å²) in [6, 6.07) is -1.32. The highest BCUT2D eigenvalue weighted by atomic mass is 16.5. The minimum atomic E-state index is -1.09. The number of nitrogens with one attached hydrogen (secondary N) is 2. The van der Waals surface area contributed by atoms with Crippen LogP contribution in [0.15, 0.2) is 0 Å². The van der Waals surface area contributed by atoms with Crippen LogP contribution in [0.3, 0.4) is 0 Å². The van der Waals surface area contributed by atoms with Crippen molar-refractivity contribution >= 4 is 12.0 Å². The molecule has 0 aliphatic heterocycles. The third kappa shape index (κ3) is 5.36. The van der Waals surface area contributed by atoms with Crippen LogP contribution in [-0.4, -0.2) is 42.9 Å². The van der Waals surface area contributed by atoms with E-state index in [1.165, 1.54) is 26.4 Å². The number of carboxylic acids is 1. The predicted octanol–water partition coefficient (Wildman–Crippen LogP) is 1.74. The average molecular weight is 286 g/mol. The van der Waals surface area contributed by atoms with Gasteiger partial charge in [0.05, 0.1) is 6.61 Å². The van der Waals surface area contributed by atoms with E-state index in [9.17, 15) is 9.59 Å². The van der Waals surface area contributed by atoms with Gasteiger partial charge in [-0.3, -0.25) is 0 Å². The Kier molecular flexibility index (Phi) is 7.36. The average Bonchev–Trinajstić information content (AvgIpc) is 2.45. The number of hydrogen-bond donors (Lipinski definition) is 3. The lowest BCUT2D eigenvalue weighted by Gasteiger charge is -2.30. The van der Waals surface area contributed by atoms with Crippen molar-refractivity contribution in [1.82, 2.24) is 10.6 Å². The van der Waals surface area contributed by atoms with Crippen LogP contribution < -0.4 is 10.6 Å². The van der Waals surface area contributed by atoms with Crippen LogP contribution in [0.5, 0.6) is 0 Å². The van der Waals surface area contributed by atoms with Gasteiger partial charge in [-0.1, -0.05) is 26.2 Å². The van der Waals surface area contributed by atoms with E-state index in [0.717, 1.165) is 19.3 Å². The highest BCUT2D eigenvalue weighted by molar-refractivity contribution is 5.82. The molecule has 1 aliphatic rings. The van der Waals surface area contributed by atoms with Gasteiger partial charge in [-0.15, -0.1) is 0 Å². The monoisotopic (exact) mass is 286 g/mol. The van der Waals surface area contributed by atoms with Gasteiger partial charge in [0, 0.05) is 13.2 Å². The normalized spacial score (nSPS) is 19.1. The number of hydrogen-bond acceptors (Lipinski definition) is 3. The summed E-state index contributed by atoms with van der Waals surface area (Å²) < 4.78 is 4.79. The van der Waals surface area contributed by atoms with Crippen LogP contribution in [0.2, 0.25) is 0 Å². The van der Waals surface area contributed by atoms with Crippen molar-refractivity contribution < 1.29 is 19.4 Å². The molecule has 2 atom stereocenters. The van der Waals surface area contributed by atoms with Crippen molar-refractivity contribution in [2.45, 2.75) is 57.5 Å². The number of methoxy groups -OCH3 is 1. The quantitative estimate of drug-likeness (QED) is 0.665. The topological polar surface area (TPSA) is 87.7 Å². The zero-order valence-electron chi connectivity index (χ0n) is 12.4. The van der Waals surface area contributed by atoms with E-state index in [4.69, 9.17) is 9.84 Å². The lowest BCUT2D eigenvalue weighted by molar-refractivity contribution is -0.140. The first-order chi connectivity index (χ1) is 9.58. The lowest BCUT2D eigenvalue weighted by Crippen LogP contribution is -2.52. The van der Waals surface area contributed by atoms with Crippen molar-refractivity contribution in [3.63, 3.8) is 0 Å². The molecule has 1 rings (SSSR count). The zero-order valence-corrected chi connectivity index (χ0v) is 12.4. The first kappa shape index (κ1) is 16.8. The summed E-state index contributed by atoms with van der Waals surface area (Å²) in [6.45, 7) is 2.01. The molecule has 0 radical (unpaired) electrons. The molecule has 1 saturated carbocycles. The summed E-state index contributed by atoms with van der Waals surface area (Å²) in [5.41, 5.74) is 0. The van der Waals surface area contributed by atoms with E-state index in [2.05, 4.69) is 10.6 Å². The minimum absolute atomic E-state index is 0.0387. The third-order valence-electron chi connectivity index (χ3n) is 3.91. The number of carboxylic acid groups (broad SMARTS) is 1. The second-order valence-corrected chi connectivity index (χ2v) is 5.38. The van der Waals surface area contributed by atoms with Crippen LogP contribution in [0.1, 0.15) is 45.4 Å². The van der Waals surface area contributed by atoms with Gasteiger partial charge in [0.1, 0.15) is 0 Å². The molecule has 0 aromatic heterocycles. The van der Waals surface area contributed by atoms with Crippen molar-refractivity contribution in [2.24, 2.45) is 5.92 Å². The molecule has 0 aromatic carbocycles. The number of aliphatic carboxylic acids is 1. The number of carbonyl (C=O) groups is 2. The first-order valence-corrected chi connectivity index (χ1v) is 7.37. The number of rotatable bonds is 7. The van der Waals surface area contributed by atoms with Crippen molar-refractivity contribution in [3.8, 4) is 0 Å². The maximum Gasteiger partial charge on any atom is 0.328 e. The molecule has 3 N–H and O–H groups in total. The number of carbonyl (C=O) groups excluding carboxylic acids is 1. The number of ether oxygens (including phenoxy) is 1. The first-order valence-electron chi connectivity index (χ1n) is 7.37. The summed E-state index contributed by atoms with van der Waals surface area (Å²) in [4.78, 5) is 22.9. The van der Waals surface area contributed by atoms with Crippen LogP contribution in [0, 0.1) is 5.92 Å². The molecule has 1 fully saturated rings. The molecule has 116 valence electrons. The Bertz CT molecular complexity index is 316. The molecule has 0 aromatic rings. The summed E-state index contributed by atoms with van der Waals surface area (Å²) in [5, 5.41) is 14.3. The highest BCUT2D eigenvalue weighted by Gasteiger charge is 2.25. The molecule has 20 heavy (non-hydrogen) atoms. The van der Waals surface area contributed by atoms with Crippen LogP contribution in [-0.2, 0) is 9.53 Å². The van der Waals surface area contributed by atoms with Crippen molar-refractivity contribution in [2.75, 3.05) is 13.7 Å². The Hall–Kier alpha value is -1.30. The van der Waals surface area contributed by atoms with Gasteiger partial charge >= 0.3 is 12.0 Å². The molecule has 2 amide bonds. The van der Waals surface area contributed by atoms with Crippen LogP contribution >= 0.6 is 0 Å². The molecule has 6 heteroatoms. The molecular weight excluding hydrogens is 260 g/mol. The van der Waals surface area contributed by atoms with Gasteiger partial charge in [0.25, 0.3) is 0 Å². The van der Waals surface area contributed by atoms with E-state index in [0.29, 0.717) is 5.92 Å². The maximum atomic E-state index is 11.9. The van der Waals surface area contributed by atoms with Gasteiger partial charge in [0.15, 0.2) is 6.04 Å². The minimum Gasteiger partial charge on any atom is -0.480 e. The standard InChI is InChI=1S/C14H26N2O4/c1-3-11(10-7-5-4-6-8-10)15-14(19)16-12(9-20-2)13(17)18/h10-12H,3-9H2,1-2H3,(H,17,18)(H2,15,16,19). The van der Waals surface area contributed by atoms with Gasteiger partial charge in [-0.25, -0.2) is 9.59 Å². The van der Waals surface area contributed by atoms with Crippen molar-refractivity contribution in [3.05, 3.63) is 0 Å². The Morgan fingerprint density at radius 3 is 2.40 bits per heavy atom. The molecule has 0 bridgehead atoms. The summed E-state index contributed by atoms with van der Waals surface area (Å²) >= 11 is 0. The Morgan fingerprint density at radius 2 is 1.90 bits per heavy atom. The summed E-state index contributed by atoms with van der Waals surface area (Å²) in [6.07, 6.45) is 6.84. The molecule has 6 nitrogen and oxygen atoms in total. The second-order valence-electron chi connectivity index (χ2n) is 5.38. The molecular formula is C14H26N2O4. The Morgan fingerprint density at radius 1 is 1.25 bits per heavy atom. The van der Waals surface area contributed by atoms with E-state index < -0.39 is 18.0 Å². The van der Waals surface area contributed by atoms with Crippen LogP contribution in [0.25, 0.3) is 0 Å². The van der Waals surface area contributed by atoms with E-state index >= 15 is 0 Å². The zero-order chi connectivity index (χ0) is 15.0. The van der Waals surface area contributed by atoms with Gasteiger partial charge < -0.3 is 20.5 Å². The largest absolute Gasteiger partial charge is 0.480 e. The summed E-state index contributed by atoms with van der Waals surface area (Å²) in [5.74, 6) is -0.585. The van der Waals surface area contributed by atoms with E-state index in [-0.39, 0.29) is 12.6 Å². The highest BCUT2D eigenvalue weighted by Crippen LogP contribution is 2.27. The molecule has 0 heterocycles. The third-order valence-corrected chi connectivity index (χ3v) is 3.91. The Labute approximate surface area is 120 Å². The molecule has 1 aliphatic carbocycles.